The van der Waals surface area contributed by atoms with E-state index in [9.17, 15) is 9.59 Å². The minimum atomic E-state index is -0.427. The second-order valence-electron chi connectivity index (χ2n) is 10.9. The zero-order valence-corrected chi connectivity index (χ0v) is 22.7. The number of rotatable bonds is 8. The summed E-state index contributed by atoms with van der Waals surface area (Å²) in [5, 5.41) is 3.22. The number of nitrogens with two attached hydrogens (primary N) is 1. The fourth-order valence-corrected chi connectivity index (χ4v) is 5.60. The van der Waals surface area contributed by atoms with Crippen molar-refractivity contribution in [3.05, 3.63) is 65.2 Å². The van der Waals surface area contributed by atoms with Gasteiger partial charge in [0.25, 0.3) is 5.91 Å². The molecule has 2 aliphatic heterocycles. The van der Waals surface area contributed by atoms with Crippen LogP contribution in [0, 0.1) is 0 Å². The minimum Gasteiger partial charge on any atom is -0.487 e. The van der Waals surface area contributed by atoms with Gasteiger partial charge in [-0.15, -0.1) is 0 Å². The van der Waals surface area contributed by atoms with Crippen LogP contribution in [0.25, 0.3) is 0 Å². The van der Waals surface area contributed by atoms with E-state index in [4.69, 9.17) is 15.5 Å². The normalized spacial score (nSPS) is 20.9. The number of guanidine groups is 1. The summed E-state index contributed by atoms with van der Waals surface area (Å²) in [6.07, 6.45) is 4.13. The zero-order valence-electron chi connectivity index (χ0n) is 22.7. The van der Waals surface area contributed by atoms with E-state index in [1.54, 1.807) is 4.90 Å². The van der Waals surface area contributed by atoms with Crippen molar-refractivity contribution in [3.63, 3.8) is 0 Å². The number of hydrogen-bond donors (Lipinski definition) is 2. The summed E-state index contributed by atoms with van der Waals surface area (Å²) in [6, 6.07) is 14.9. The lowest BCUT2D eigenvalue weighted by molar-refractivity contribution is -0.131. The molecule has 0 saturated heterocycles. The molecule has 1 unspecified atom stereocenters. The van der Waals surface area contributed by atoms with Crippen molar-refractivity contribution in [2.24, 2.45) is 10.7 Å². The summed E-state index contributed by atoms with van der Waals surface area (Å²) < 4.78 is 6.12. The van der Waals surface area contributed by atoms with Crippen molar-refractivity contribution >= 4 is 17.8 Å². The van der Waals surface area contributed by atoms with Crippen LogP contribution >= 0.6 is 0 Å². The highest BCUT2D eigenvalue weighted by molar-refractivity contribution is 6.00. The molecule has 0 radical (unpaired) electrons. The number of fused-ring (bicyclic) bond motifs is 1. The average molecular weight is 505 g/mol. The summed E-state index contributed by atoms with van der Waals surface area (Å²) in [6.45, 7) is 10.2. The SMILES string of the molecule is CCC[C@H](c1cccc(C(=O)NC2CC(C)(C)Oc3ccccc32)c1)N1C(=O)CC(CC)(CC)N=C1N. The van der Waals surface area contributed by atoms with Crippen LogP contribution in [0.4, 0.5) is 0 Å². The molecular formula is C30H40N4O3. The molecule has 0 aromatic heterocycles. The van der Waals surface area contributed by atoms with E-state index in [2.05, 4.69) is 12.2 Å². The van der Waals surface area contributed by atoms with Gasteiger partial charge in [0.05, 0.1) is 24.0 Å². The van der Waals surface area contributed by atoms with E-state index in [1.165, 1.54) is 0 Å². The van der Waals surface area contributed by atoms with E-state index in [-0.39, 0.29) is 29.9 Å². The van der Waals surface area contributed by atoms with Gasteiger partial charge in [0.2, 0.25) is 5.91 Å². The number of ether oxygens (including phenoxy) is 1. The number of carbonyl (C=O) groups is 2. The average Bonchev–Trinajstić information content (AvgIpc) is 2.87. The van der Waals surface area contributed by atoms with Crippen LogP contribution in [0.15, 0.2) is 53.5 Å². The lowest BCUT2D eigenvalue weighted by Gasteiger charge is -2.40. The van der Waals surface area contributed by atoms with Crippen LogP contribution in [0.3, 0.4) is 0 Å². The molecule has 2 aromatic carbocycles. The summed E-state index contributed by atoms with van der Waals surface area (Å²) in [4.78, 5) is 33.2. The van der Waals surface area contributed by atoms with Gasteiger partial charge < -0.3 is 15.8 Å². The van der Waals surface area contributed by atoms with Gasteiger partial charge in [-0.25, -0.2) is 4.99 Å². The second-order valence-corrected chi connectivity index (χ2v) is 10.9. The van der Waals surface area contributed by atoms with Crippen LogP contribution < -0.4 is 15.8 Å². The highest BCUT2D eigenvalue weighted by Crippen LogP contribution is 2.39. The number of aliphatic imine (C=N–C) groups is 1. The molecule has 0 fully saturated rings. The molecule has 3 N–H and O–H groups in total. The number of para-hydroxylation sites is 1. The third-order valence-electron chi connectivity index (χ3n) is 7.75. The van der Waals surface area contributed by atoms with Gasteiger partial charge in [0, 0.05) is 17.5 Å². The van der Waals surface area contributed by atoms with Gasteiger partial charge in [0.1, 0.15) is 11.4 Å². The van der Waals surface area contributed by atoms with Crippen LogP contribution in [-0.2, 0) is 4.79 Å². The van der Waals surface area contributed by atoms with Gasteiger partial charge in [-0.1, -0.05) is 57.5 Å². The lowest BCUT2D eigenvalue weighted by Crippen LogP contribution is -2.52. The van der Waals surface area contributed by atoms with E-state index in [0.717, 1.165) is 42.6 Å². The Morgan fingerprint density at radius 3 is 2.57 bits per heavy atom. The molecule has 0 saturated carbocycles. The summed E-state index contributed by atoms with van der Waals surface area (Å²) in [5.41, 5.74) is 8.02. The highest BCUT2D eigenvalue weighted by atomic mass is 16.5. The van der Waals surface area contributed by atoms with Gasteiger partial charge in [0.15, 0.2) is 5.96 Å². The van der Waals surface area contributed by atoms with Crippen molar-refractivity contribution in [1.82, 2.24) is 10.2 Å². The third kappa shape index (κ3) is 5.50. The first-order valence-electron chi connectivity index (χ1n) is 13.5. The Labute approximate surface area is 220 Å². The number of nitrogens with one attached hydrogen (secondary N) is 1. The van der Waals surface area contributed by atoms with Crippen molar-refractivity contribution in [2.45, 2.75) is 96.4 Å². The van der Waals surface area contributed by atoms with Crippen molar-refractivity contribution in [2.75, 3.05) is 0 Å². The number of hydrogen-bond acceptors (Lipinski definition) is 5. The van der Waals surface area contributed by atoms with E-state index < -0.39 is 11.1 Å². The quantitative estimate of drug-likeness (QED) is 0.484. The molecule has 7 heteroatoms. The van der Waals surface area contributed by atoms with Gasteiger partial charge in [-0.2, -0.15) is 0 Å². The molecule has 37 heavy (non-hydrogen) atoms. The maximum Gasteiger partial charge on any atom is 0.251 e. The molecule has 2 aliphatic rings. The molecule has 2 aromatic rings. The third-order valence-corrected chi connectivity index (χ3v) is 7.75. The molecule has 0 spiro atoms. The predicted octanol–water partition coefficient (Wildman–Crippen LogP) is 5.67. The minimum absolute atomic E-state index is 0.00875. The molecule has 198 valence electrons. The Morgan fingerprint density at radius 2 is 1.89 bits per heavy atom. The fraction of sp³-hybridized carbons (Fsp3) is 0.500. The van der Waals surface area contributed by atoms with Crippen LogP contribution in [-0.4, -0.2) is 33.8 Å². The topological polar surface area (TPSA) is 97.0 Å². The fourth-order valence-electron chi connectivity index (χ4n) is 5.60. The second kappa shape index (κ2) is 10.6. The smallest absolute Gasteiger partial charge is 0.251 e. The Hall–Kier alpha value is -3.35. The zero-order chi connectivity index (χ0) is 26.8. The van der Waals surface area contributed by atoms with E-state index >= 15 is 0 Å². The molecular weight excluding hydrogens is 464 g/mol. The number of carbonyl (C=O) groups excluding carboxylic acids is 2. The first-order chi connectivity index (χ1) is 17.6. The van der Waals surface area contributed by atoms with E-state index in [0.29, 0.717) is 18.4 Å². The summed E-state index contributed by atoms with van der Waals surface area (Å²) >= 11 is 0. The predicted molar refractivity (Wildman–Crippen MR) is 146 cm³/mol. The number of nitrogens with zero attached hydrogens (tertiary/aromatic N) is 2. The highest BCUT2D eigenvalue weighted by Gasteiger charge is 2.40. The first-order valence-corrected chi connectivity index (χ1v) is 13.5. The number of amides is 2. The molecule has 0 aliphatic carbocycles. The van der Waals surface area contributed by atoms with Crippen molar-refractivity contribution < 1.29 is 14.3 Å². The van der Waals surface area contributed by atoms with Gasteiger partial charge >= 0.3 is 0 Å². The summed E-state index contributed by atoms with van der Waals surface area (Å²) in [5.74, 6) is 0.909. The van der Waals surface area contributed by atoms with Gasteiger partial charge in [-0.3, -0.25) is 14.5 Å². The van der Waals surface area contributed by atoms with Gasteiger partial charge in [-0.05, 0) is 56.9 Å². The first kappa shape index (κ1) is 26.7. The van der Waals surface area contributed by atoms with Crippen molar-refractivity contribution in [1.29, 1.82) is 0 Å². The Balaban J connectivity index is 1.61. The molecule has 4 rings (SSSR count). The molecule has 0 bridgehead atoms. The monoisotopic (exact) mass is 504 g/mol. The number of benzene rings is 2. The Morgan fingerprint density at radius 1 is 1.16 bits per heavy atom. The van der Waals surface area contributed by atoms with E-state index in [1.807, 2.05) is 76.2 Å². The van der Waals surface area contributed by atoms with Crippen LogP contribution in [0.2, 0.25) is 0 Å². The molecule has 2 atom stereocenters. The summed E-state index contributed by atoms with van der Waals surface area (Å²) in [7, 11) is 0. The Bertz CT molecular complexity index is 1180. The Kier molecular flexibility index (Phi) is 7.62. The molecule has 2 heterocycles. The maximum atomic E-state index is 13.5. The molecule has 2 amide bonds. The maximum absolute atomic E-state index is 13.5. The largest absolute Gasteiger partial charge is 0.487 e. The van der Waals surface area contributed by atoms with Crippen LogP contribution in [0.1, 0.15) is 107 Å². The molecule has 7 nitrogen and oxygen atoms in total. The lowest BCUT2D eigenvalue weighted by atomic mass is 9.87. The standard InChI is InChI=1S/C30H40N4O3/c1-6-12-24(34-26(35)19-30(7-2,8-3)33-28(34)31)20-13-11-14-21(17-20)27(36)32-23-18-29(4,5)37-25-16-10-9-15-22(23)25/h9-11,13-17,23-24H,6-8,12,18-19H2,1-5H3,(H2,31,33)(H,32,36)/t23?,24-/m1/s1. The van der Waals surface area contributed by atoms with Crippen LogP contribution in [0.5, 0.6) is 5.75 Å². The van der Waals surface area contributed by atoms with Crippen molar-refractivity contribution in [3.8, 4) is 5.75 Å².